The van der Waals surface area contributed by atoms with Crippen molar-refractivity contribution in [3.63, 3.8) is 0 Å². The van der Waals surface area contributed by atoms with Crippen molar-refractivity contribution in [3.05, 3.63) is 46.6 Å². The maximum atomic E-state index is 12.4. The van der Waals surface area contributed by atoms with Crippen molar-refractivity contribution in [1.82, 2.24) is 0 Å². The number of aliphatic hydroxyl groups excluding tert-OH is 1. The molecule has 0 unspecified atom stereocenters. The molecule has 4 heteroatoms. The van der Waals surface area contributed by atoms with Crippen molar-refractivity contribution in [2.45, 2.75) is 32.8 Å². The van der Waals surface area contributed by atoms with Gasteiger partial charge in [-0.05, 0) is 38.8 Å². The average molecular weight is 274 g/mol. The number of rotatable bonds is 3. The molecular weight excluding hydrogens is 256 g/mol. The summed E-state index contributed by atoms with van der Waals surface area (Å²) in [6, 6.07) is 2.65. The molecule has 3 N–H and O–H groups in total. The van der Waals surface area contributed by atoms with Gasteiger partial charge < -0.3 is 15.3 Å². The van der Waals surface area contributed by atoms with Crippen molar-refractivity contribution in [2.75, 3.05) is 0 Å². The fourth-order valence-corrected chi connectivity index (χ4v) is 2.30. The van der Waals surface area contributed by atoms with Crippen LogP contribution in [0.1, 0.15) is 36.2 Å². The highest BCUT2D eigenvalue weighted by atomic mass is 16.3. The highest BCUT2D eigenvalue weighted by Gasteiger charge is 2.29. The van der Waals surface area contributed by atoms with Crippen LogP contribution in [0.3, 0.4) is 0 Å². The van der Waals surface area contributed by atoms with Gasteiger partial charge in [0.15, 0.2) is 5.78 Å². The van der Waals surface area contributed by atoms with E-state index >= 15 is 0 Å². The number of aliphatic hydroxyl groups is 1. The lowest BCUT2D eigenvalue weighted by Crippen LogP contribution is -2.22. The largest absolute Gasteiger partial charge is 0.508 e. The number of allylic oxidation sites excluding steroid dienone is 2. The average Bonchev–Trinajstić information content (AvgIpc) is 2.40. The zero-order chi connectivity index (χ0) is 14.9. The Kier molecular flexibility index (Phi) is 3.95. The molecule has 0 aliphatic heterocycles. The molecule has 0 fully saturated rings. The number of Topliss-reactive ketones (excluding diaryl/α,β-unsaturated/α-hetero) is 1. The SMILES string of the molecule is CC(C)=CC[C@@H](O)C1=CCc2c(O)ccc(O)c2C1=O. The van der Waals surface area contributed by atoms with Gasteiger partial charge in [0, 0.05) is 11.1 Å². The third-order valence-electron chi connectivity index (χ3n) is 3.39. The van der Waals surface area contributed by atoms with Crippen LogP contribution < -0.4 is 0 Å². The molecule has 20 heavy (non-hydrogen) atoms. The fraction of sp³-hybridized carbons (Fsp3) is 0.312. The second-order valence-electron chi connectivity index (χ2n) is 5.18. The van der Waals surface area contributed by atoms with Crippen LogP contribution in [0.4, 0.5) is 0 Å². The summed E-state index contributed by atoms with van der Waals surface area (Å²) in [5.41, 5.74) is 1.84. The van der Waals surface area contributed by atoms with E-state index in [4.69, 9.17) is 0 Å². The van der Waals surface area contributed by atoms with Crippen molar-refractivity contribution in [1.29, 1.82) is 0 Å². The molecule has 0 spiro atoms. The van der Waals surface area contributed by atoms with Crippen molar-refractivity contribution in [3.8, 4) is 11.5 Å². The molecule has 1 atom stereocenters. The van der Waals surface area contributed by atoms with E-state index in [0.717, 1.165) is 5.57 Å². The lowest BCUT2D eigenvalue weighted by atomic mass is 9.86. The van der Waals surface area contributed by atoms with Gasteiger partial charge in [0.25, 0.3) is 0 Å². The number of fused-ring (bicyclic) bond motifs is 1. The Morgan fingerprint density at radius 1 is 1.30 bits per heavy atom. The summed E-state index contributed by atoms with van der Waals surface area (Å²) in [7, 11) is 0. The van der Waals surface area contributed by atoms with Crippen LogP contribution >= 0.6 is 0 Å². The highest BCUT2D eigenvalue weighted by Crippen LogP contribution is 2.35. The van der Waals surface area contributed by atoms with Gasteiger partial charge in [-0.1, -0.05) is 17.7 Å². The third-order valence-corrected chi connectivity index (χ3v) is 3.39. The number of carbonyl (C=O) groups is 1. The standard InChI is InChI=1S/C16H18O4/c1-9(2)3-6-13(18)11-5-4-10-12(17)7-8-14(19)15(10)16(11)20/h3,5,7-8,13,17-19H,4,6H2,1-2H3/t13-/m1/s1. The summed E-state index contributed by atoms with van der Waals surface area (Å²) >= 11 is 0. The van der Waals surface area contributed by atoms with E-state index in [1.54, 1.807) is 6.08 Å². The van der Waals surface area contributed by atoms with Crippen LogP contribution in [0.15, 0.2) is 35.4 Å². The summed E-state index contributed by atoms with van der Waals surface area (Å²) in [6.07, 6.45) is 3.26. The molecule has 0 radical (unpaired) electrons. The predicted octanol–water partition coefficient (Wildman–Crippen LogP) is 2.48. The molecule has 0 saturated heterocycles. The monoisotopic (exact) mass is 274 g/mol. The molecule has 1 aromatic carbocycles. The van der Waals surface area contributed by atoms with Crippen molar-refractivity contribution >= 4 is 5.78 Å². The molecule has 1 aliphatic rings. The Morgan fingerprint density at radius 3 is 2.60 bits per heavy atom. The molecule has 2 rings (SSSR count). The molecule has 0 amide bonds. The Labute approximate surface area is 117 Å². The van der Waals surface area contributed by atoms with E-state index in [-0.39, 0.29) is 22.6 Å². The molecule has 1 aliphatic carbocycles. The number of carbonyl (C=O) groups excluding carboxylic acids is 1. The Hall–Kier alpha value is -2.07. The first-order valence-corrected chi connectivity index (χ1v) is 6.51. The molecule has 4 nitrogen and oxygen atoms in total. The zero-order valence-electron chi connectivity index (χ0n) is 11.6. The summed E-state index contributed by atoms with van der Waals surface area (Å²) < 4.78 is 0. The van der Waals surface area contributed by atoms with Gasteiger partial charge in [0.2, 0.25) is 0 Å². The number of phenols is 2. The first-order valence-electron chi connectivity index (χ1n) is 6.51. The molecule has 0 saturated carbocycles. The van der Waals surface area contributed by atoms with Gasteiger partial charge in [0.1, 0.15) is 11.5 Å². The fourth-order valence-electron chi connectivity index (χ4n) is 2.30. The second kappa shape index (κ2) is 5.51. The van der Waals surface area contributed by atoms with Crippen molar-refractivity contribution in [2.24, 2.45) is 0 Å². The van der Waals surface area contributed by atoms with Gasteiger partial charge in [-0.15, -0.1) is 0 Å². The molecule has 1 aromatic rings. The maximum Gasteiger partial charge on any atom is 0.195 e. The maximum absolute atomic E-state index is 12.4. The topological polar surface area (TPSA) is 77.8 Å². The first-order chi connectivity index (χ1) is 9.41. The molecule has 0 aromatic heterocycles. The number of hydrogen-bond acceptors (Lipinski definition) is 4. The van der Waals surface area contributed by atoms with Gasteiger partial charge in [-0.25, -0.2) is 0 Å². The second-order valence-corrected chi connectivity index (χ2v) is 5.18. The quantitative estimate of drug-likeness (QED) is 0.584. The summed E-state index contributed by atoms with van der Waals surface area (Å²) in [5.74, 6) is -0.600. The minimum Gasteiger partial charge on any atom is -0.508 e. The van der Waals surface area contributed by atoms with Gasteiger partial charge in [-0.3, -0.25) is 4.79 Å². The Bertz CT molecular complexity index is 607. The summed E-state index contributed by atoms with van der Waals surface area (Å²) in [4.78, 5) is 12.4. The number of benzene rings is 1. The lowest BCUT2D eigenvalue weighted by molar-refractivity contribution is 0.0981. The minimum atomic E-state index is -0.896. The van der Waals surface area contributed by atoms with Gasteiger partial charge in [0.05, 0.1) is 11.7 Å². The Morgan fingerprint density at radius 2 is 1.95 bits per heavy atom. The van der Waals surface area contributed by atoms with Gasteiger partial charge in [-0.2, -0.15) is 0 Å². The van der Waals surface area contributed by atoms with Crippen LogP contribution in [0.25, 0.3) is 0 Å². The zero-order valence-corrected chi connectivity index (χ0v) is 11.6. The summed E-state index contributed by atoms with van der Waals surface area (Å²) in [5, 5.41) is 29.7. The predicted molar refractivity (Wildman–Crippen MR) is 75.9 cm³/mol. The lowest BCUT2D eigenvalue weighted by Gasteiger charge is -2.20. The number of ketones is 1. The number of hydrogen-bond donors (Lipinski definition) is 3. The minimum absolute atomic E-state index is 0.0137. The highest BCUT2D eigenvalue weighted by molar-refractivity contribution is 6.13. The van der Waals surface area contributed by atoms with E-state index in [1.807, 2.05) is 19.9 Å². The van der Waals surface area contributed by atoms with Crippen LogP contribution in [-0.4, -0.2) is 27.2 Å². The van der Waals surface area contributed by atoms with E-state index in [2.05, 4.69) is 0 Å². The Balaban J connectivity index is 2.33. The van der Waals surface area contributed by atoms with Crippen LogP contribution in [-0.2, 0) is 6.42 Å². The number of phenolic OH excluding ortho intramolecular Hbond substituents is 2. The smallest absolute Gasteiger partial charge is 0.195 e. The van der Waals surface area contributed by atoms with Crippen molar-refractivity contribution < 1.29 is 20.1 Å². The molecule has 106 valence electrons. The van der Waals surface area contributed by atoms with E-state index in [1.165, 1.54) is 12.1 Å². The van der Waals surface area contributed by atoms with Crippen LogP contribution in [0, 0.1) is 0 Å². The molecular formula is C16H18O4. The summed E-state index contributed by atoms with van der Waals surface area (Å²) in [6.45, 7) is 3.84. The van der Waals surface area contributed by atoms with Crippen LogP contribution in [0.5, 0.6) is 11.5 Å². The molecule has 0 heterocycles. The first kappa shape index (κ1) is 14.3. The van der Waals surface area contributed by atoms with Crippen LogP contribution in [0.2, 0.25) is 0 Å². The van der Waals surface area contributed by atoms with E-state index in [9.17, 15) is 20.1 Å². The van der Waals surface area contributed by atoms with Gasteiger partial charge >= 0.3 is 0 Å². The molecule has 0 bridgehead atoms. The van der Waals surface area contributed by atoms with E-state index < -0.39 is 11.9 Å². The normalized spacial score (nSPS) is 15.3. The number of aromatic hydroxyl groups is 2. The third kappa shape index (κ3) is 2.60. The van der Waals surface area contributed by atoms with E-state index in [0.29, 0.717) is 18.4 Å².